The summed E-state index contributed by atoms with van der Waals surface area (Å²) in [5, 5.41) is 2.09. The van der Waals surface area contributed by atoms with Crippen LogP contribution in [0.3, 0.4) is 0 Å². The molecule has 29 heavy (non-hydrogen) atoms. The van der Waals surface area contributed by atoms with Crippen molar-refractivity contribution in [1.29, 1.82) is 0 Å². The summed E-state index contributed by atoms with van der Waals surface area (Å²) in [7, 11) is 2.00. The van der Waals surface area contributed by atoms with Gasteiger partial charge in [0.1, 0.15) is 0 Å². The molecule has 0 amide bonds. The molecule has 4 fully saturated rings. The summed E-state index contributed by atoms with van der Waals surface area (Å²) in [5.41, 5.74) is 2.04. The molecule has 6 atom stereocenters. The van der Waals surface area contributed by atoms with Crippen molar-refractivity contribution >= 4 is 49.6 Å². The summed E-state index contributed by atoms with van der Waals surface area (Å²) >= 11 is 0.900. The first-order chi connectivity index (χ1) is 13.2. The molecule has 0 radical (unpaired) electrons. The molecule has 5 rings (SSSR count). The van der Waals surface area contributed by atoms with Gasteiger partial charge < -0.3 is 0 Å². The molecule has 0 aliphatic carbocycles. The Morgan fingerprint density at radius 2 is 1.21 bits per heavy atom. The third-order valence-corrected chi connectivity index (χ3v) is 45.0. The van der Waals surface area contributed by atoms with Gasteiger partial charge in [0, 0.05) is 0 Å². The summed E-state index contributed by atoms with van der Waals surface area (Å²) in [5.74, 6) is 0. The van der Waals surface area contributed by atoms with E-state index in [1.807, 2.05) is 7.89 Å². The monoisotopic (exact) mass is 536 g/mol. The van der Waals surface area contributed by atoms with Crippen LogP contribution in [-0.2, 0) is 0 Å². The topological polar surface area (TPSA) is 0 Å². The van der Waals surface area contributed by atoms with E-state index in [-0.39, 0.29) is 22.1 Å². The van der Waals surface area contributed by atoms with Crippen molar-refractivity contribution < 1.29 is 0 Å². The van der Waals surface area contributed by atoms with Crippen LogP contribution < -0.4 is 0 Å². The second-order valence-electron chi connectivity index (χ2n) is 12.4. The van der Waals surface area contributed by atoms with Gasteiger partial charge in [-0.15, -0.1) is 0 Å². The van der Waals surface area contributed by atoms with Gasteiger partial charge in [0.2, 0.25) is 0 Å². The Hall–Kier alpha value is 1.98. The number of rotatable bonds is 8. The Bertz CT molecular complexity index is 769. The molecule has 0 spiro atoms. The summed E-state index contributed by atoms with van der Waals surface area (Å²) < 4.78 is 0.757. The van der Waals surface area contributed by atoms with Gasteiger partial charge in [0.15, 0.2) is 0 Å². The van der Waals surface area contributed by atoms with Crippen LogP contribution in [-0.4, -0.2) is 33.1 Å². The minimum atomic E-state index is 0.0145. The van der Waals surface area contributed by atoms with Gasteiger partial charge in [-0.05, 0) is 0 Å². The molecule has 0 aromatic carbocycles. The quantitative estimate of drug-likeness (QED) is 0.214. The van der Waals surface area contributed by atoms with E-state index in [4.69, 9.17) is 0 Å². The molecule has 5 heteroatoms. The average Bonchev–Trinajstić information content (AvgIpc) is 2.99. The third-order valence-electron chi connectivity index (χ3n) is 9.78. The molecule has 5 aliphatic rings. The van der Waals surface area contributed by atoms with E-state index in [9.17, 15) is 0 Å². The number of hydrogen-bond donors (Lipinski definition) is 0. The van der Waals surface area contributed by atoms with Gasteiger partial charge in [-0.2, -0.15) is 0 Å². The van der Waals surface area contributed by atoms with Crippen LogP contribution in [0.15, 0.2) is 0 Å². The minimum absolute atomic E-state index is 0.0145. The number of hydrogen-bond acceptors (Lipinski definition) is 0. The zero-order valence-corrected chi connectivity index (χ0v) is 26.3. The Morgan fingerprint density at radius 3 is 1.66 bits per heavy atom. The van der Waals surface area contributed by atoms with Crippen molar-refractivity contribution in [2.75, 3.05) is 0 Å². The Morgan fingerprint density at radius 1 is 0.724 bits per heavy atom. The second kappa shape index (κ2) is 6.55. The Labute approximate surface area is 193 Å². The first-order valence-electron chi connectivity index (χ1n) is 11.9. The van der Waals surface area contributed by atoms with Crippen LogP contribution in [0.5, 0.6) is 0 Å². The molecular weight excluding hydrogens is 491 g/mol. The summed E-state index contributed by atoms with van der Waals surface area (Å²) in [6.07, 6.45) is 5.48. The van der Waals surface area contributed by atoms with Gasteiger partial charge in [-0.3, -0.25) is 0 Å². The van der Waals surface area contributed by atoms with Crippen LogP contribution >= 0.6 is 30.0 Å². The fourth-order valence-corrected chi connectivity index (χ4v) is 64.4. The fraction of sp³-hybridized carbons (Fsp3) is 0.958. The molecule has 166 valence electrons. The van der Waals surface area contributed by atoms with Gasteiger partial charge in [-0.25, -0.2) is 0 Å². The molecule has 0 N–H and O–H groups in total. The van der Waals surface area contributed by atoms with E-state index in [1.165, 1.54) is 25.7 Å². The van der Waals surface area contributed by atoms with E-state index >= 15 is 0 Å². The second-order valence-corrected chi connectivity index (χ2v) is 28.8. The molecule has 0 aromatic heterocycles. The van der Waals surface area contributed by atoms with Gasteiger partial charge >= 0.3 is 194 Å². The SMILES string of the molecule is CCC(C)(C)C1=PP2C3(C(C)(C)CC)[Se]P4C2(C(C)(C)CC)C4(C(C)(C)CC)P13. The van der Waals surface area contributed by atoms with E-state index in [2.05, 4.69) is 88.1 Å². The van der Waals surface area contributed by atoms with Crippen LogP contribution in [0.1, 0.15) is 109 Å². The third kappa shape index (κ3) is 2.21. The molecule has 4 saturated heterocycles. The van der Waals surface area contributed by atoms with E-state index in [1.54, 1.807) is 0 Å². The zero-order valence-electron chi connectivity index (χ0n) is 21.0. The standard InChI is InChI=1S/C24H44P4Se/c1-13-18(5,6)17-25-27-23(20(9,10)15-3)22(19(7,8)14-2)26(17)24(27,29-28(22)23)21(11,12)16-4/h13-16H2,1-12H3. The van der Waals surface area contributed by atoms with Gasteiger partial charge in [-0.1, -0.05) is 0 Å². The molecule has 0 aromatic rings. The van der Waals surface area contributed by atoms with E-state index in [0.29, 0.717) is 21.7 Å². The van der Waals surface area contributed by atoms with Crippen LogP contribution in [0, 0.1) is 21.7 Å². The molecule has 5 aliphatic heterocycles. The van der Waals surface area contributed by atoms with Crippen molar-refractivity contribution in [3.8, 4) is 0 Å². The summed E-state index contributed by atoms with van der Waals surface area (Å²) in [6, 6.07) is 0. The van der Waals surface area contributed by atoms with Crippen molar-refractivity contribution in [3.05, 3.63) is 0 Å². The Balaban J connectivity index is 2.05. The van der Waals surface area contributed by atoms with Crippen molar-refractivity contribution in [2.24, 2.45) is 21.7 Å². The van der Waals surface area contributed by atoms with E-state index in [0.717, 1.165) is 28.1 Å². The van der Waals surface area contributed by atoms with Crippen LogP contribution in [0.2, 0.25) is 0 Å². The maximum absolute atomic E-state index is 2.72. The van der Waals surface area contributed by atoms with Crippen molar-refractivity contribution in [2.45, 2.75) is 122 Å². The maximum atomic E-state index is 2.72. The van der Waals surface area contributed by atoms with Crippen LogP contribution in [0.25, 0.3) is 0 Å². The normalized spacial score (nSPS) is 43.7. The molecule has 5 heterocycles. The van der Waals surface area contributed by atoms with Gasteiger partial charge in [0.25, 0.3) is 0 Å². The first kappa shape index (κ1) is 24.1. The zero-order chi connectivity index (χ0) is 22.1. The van der Waals surface area contributed by atoms with Crippen LogP contribution in [0.4, 0.5) is 0 Å². The predicted molar refractivity (Wildman–Crippen MR) is 143 cm³/mol. The van der Waals surface area contributed by atoms with Gasteiger partial charge in [0.05, 0.1) is 0 Å². The molecule has 0 saturated carbocycles. The molecule has 0 nitrogen and oxygen atoms in total. The average molecular weight is 535 g/mol. The summed E-state index contributed by atoms with van der Waals surface area (Å²) in [4.78, 5) is 1.48. The van der Waals surface area contributed by atoms with Crippen molar-refractivity contribution in [3.63, 3.8) is 0 Å². The van der Waals surface area contributed by atoms with E-state index < -0.39 is 0 Å². The first-order valence-corrected chi connectivity index (χ1v) is 20.6. The Kier molecular flexibility index (Phi) is 5.45. The summed E-state index contributed by atoms with van der Waals surface area (Å²) in [6.45, 7) is 31.7. The molecule has 6 bridgehead atoms. The van der Waals surface area contributed by atoms with Crippen molar-refractivity contribution in [1.82, 2.24) is 0 Å². The molecule has 6 unspecified atom stereocenters. The molecular formula is C24H44P4Se. The predicted octanol–water partition coefficient (Wildman–Crippen LogP) is 9.89. The fourth-order valence-electron chi connectivity index (χ4n) is 6.36.